The Balaban J connectivity index is 2.73. The Bertz CT molecular complexity index is 346. The van der Waals surface area contributed by atoms with E-state index in [0.717, 1.165) is 19.3 Å². The number of hydrogen-bond donors (Lipinski definition) is 3. The van der Waals surface area contributed by atoms with Crippen molar-refractivity contribution in [2.24, 2.45) is 17.1 Å². The minimum absolute atomic E-state index is 0.0969. The summed E-state index contributed by atoms with van der Waals surface area (Å²) >= 11 is 0. The van der Waals surface area contributed by atoms with E-state index in [0.29, 0.717) is 12.8 Å². The molecule has 4 N–H and O–H groups in total. The maximum absolute atomic E-state index is 12.1. The molecule has 1 rings (SSSR count). The second-order valence-electron chi connectivity index (χ2n) is 5.94. The Morgan fingerprint density at radius 2 is 2.11 bits per heavy atom. The third-order valence-corrected chi connectivity index (χ3v) is 4.57. The predicted octanol–water partition coefficient (Wildman–Crippen LogP) is 1.51. The van der Waals surface area contributed by atoms with Gasteiger partial charge >= 0.3 is 5.97 Å². The number of nitrogens with one attached hydrogen (secondary N) is 1. The summed E-state index contributed by atoms with van der Waals surface area (Å²) in [4.78, 5) is 23.5. The Labute approximate surface area is 114 Å². The second-order valence-corrected chi connectivity index (χ2v) is 5.94. The molecular formula is C14H26N2O3. The van der Waals surface area contributed by atoms with E-state index in [1.165, 1.54) is 0 Å². The monoisotopic (exact) mass is 270 g/mol. The van der Waals surface area contributed by atoms with Crippen molar-refractivity contribution in [1.29, 1.82) is 0 Å². The Morgan fingerprint density at radius 1 is 1.47 bits per heavy atom. The minimum Gasteiger partial charge on any atom is -0.481 e. The molecule has 0 bridgehead atoms. The topological polar surface area (TPSA) is 92.4 Å². The van der Waals surface area contributed by atoms with Gasteiger partial charge in [0.2, 0.25) is 5.91 Å². The molecule has 1 aliphatic rings. The van der Waals surface area contributed by atoms with Gasteiger partial charge < -0.3 is 16.2 Å². The summed E-state index contributed by atoms with van der Waals surface area (Å²) in [6.07, 6.45) is 3.99. The molecule has 0 heterocycles. The summed E-state index contributed by atoms with van der Waals surface area (Å²) in [5.41, 5.74) is 5.02. The minimum atomic E-state index is -0.872. The van der Waals surface area contributed by atoms with E-state index in [4.69, 9.17) is 5.73 Å². The number of hydrogen-bond acceptors (Lipinski definition) is 3. The molecule has 0 aromatic rings. The van der Waals surface area contributed by atoms with Crippen LogP contribution in [0.25, 0.3) is 0 Å². The number of aliphatic carboxylic acids is 1. The van der Waals surface area contributed by atoms with Crippen LogP contribution in [0.15, 0.2) is 0 Å². The molecule has 1 saturated carbocycles. The summed E-state index contributed by atoms with van der Waals surface area (Å²) in [6.45, 7) is 5.63. The van der Waals surface area contributed by atoms with Crippen LogP contribution in [0.4, 0.5) is 0 Å². The SMILES string of the molecule is CCC(C)C(N)C(=O)NC1CCCCC1(C)C(=O)O. The Morgan fingerprint density at radius 3 is 2.63 bits per heavy atom. The standard InChI is InChI=1S/C14H26N2O3/c1-4-9(2)11(15)12(17)16-10-7-5-6-8-14(10,3)13(18)19/h9-11H,4-8,15H2,1-3H3,(H,16,17)(H,18,19). The summed E-state index contributed by atoms with van der Waals surface area (Å²) in [5.74, 6) is -0.969. The zero-order chi connectivity index (χ0) is 14.6. The molecule has 0 saturated heterocycles. The first-order valence-electron chi connectivity index (χ1n) is 7.12. The fourth-order valence-corrected chi connectivity index (χ4v) is 2.60. The fraction of sp³-hybridized carbons (Fsp3) is 0.857. The molecule has 0 radical (unpaired) electrons. The maximum Gasteiger partial charge on any atom is 0.311 e. The number of carboxylic acid groups (broad SMARTS) is 1. The summed E-state index contributed by atoms with van der Waals surface area (Å²) < 4.78 is 0. The van der Waals surface area contributed by atoms with Gasteiger partial charge in [0.1, 0.15) is 0 Å². The van der Waals surface area contributed by atoms with Gasteiger partial charge in [-0.25, -0.2) is 0 Å². The van der Waals surface area contributed by atoms with Crippen molar-refractivity contribution in [2.45, 2.75) is 65.0 Å². The number of carbonyl (C=O) groups is 2. The molecule has 110 valence electrons. The first kappa shape index (κ1) is 16.0. The number of rotatable bonds is 5. The van der Waals surface area contributed by atoms with Gasteiger partial charge in [0.25, 0.3) is 0 Å². The van der Waals surface area contributed by atoms with Gasteiger partial charge in [0.05, 0.1) is 11.5 Å². The largest absolute Gasteiger partial charge is 0.481 e. The number of carboxylic acids is 1. The van der Waals surface area contributed by atoms with Gasteiger partial charge in [-0.1, -0.05) is 33.1 Å². The second kappa shape index (κ2) is 6.37. The molecule has 4 atom stereocenters. The van der Waals surface area contributed by atoms with Gasteiger partial charge in [-0.05, 0) is 25.7 Å². The van der Waals surface area contributed by atoms with Crippen molar-refractivity contribution in [3.63, 3.8) is 0 Å². The van der Waals surface area contributed by atoms with E-state index < -0.39 is 17.4 Å². The molecule has 5 heteroatoms. The average Bonchev–Trinajstić information content (AvgIpc) is 2.39. The molecule has 5 nitrogen and oxygen atoms in total. The summed E-state index contributed by atoms with van der Waals surface area (Å²) in [6, 6.07) is -0.883. The van der Waals surface area contributed by atoms with Crippen molar-refractivity contribution < 1.29 is 14.7 Å². The molecule has 0 aromatic heterocycles. The van der Waals surface area contributed by atoms with Crippen molar-refractivity contribution in [2.75, 3.05) is 0 Å². The Hall–Kier alpha value is -1.10. The fourth-order valence-electron chi connectivity index (χ4n) is 2.60. The van der Waals surface area contributed by atoms with Gasteiger partial charge in [0.15, 0.2) is 0 Å². The van der Waals surface area contributed by atoms with Gasteiger partial charge in [0, 0.05) is 6.04 Å². The lowest BCUT2D eigenvalue weighted by Gasteiger charge is -2.39. The molecule has 19 heavy (non-hydrogen) atoms. The lowest BCUT2D eigenvalue weighted by atomic mass is 9.71. The molecule has 4 unspecified atom stereocenters. The zero-order valence-corrected chi connectivity index (χ0v) is 12.1. The van der Waals surface area contributed by atoms with Crippen molar-refractivity contribution in [3.05, 3.63) is 0 Å². The normalized spacial score (nSPS) is 30.4. The molecule has 1 fully saturated rings. The molecule has 1 amide bonds. The van der Waals surface area contributed by atoms with Crippen LogP contribution in [0.1, 0.15) is 52.9 Å². The van der Waals surface area contributed by atoms with E-state index in [1.807, 2.05) is 13.8 Å². The smallest absolute Gasteiger partial charge is 0.311 e. The van der Waals surface area contributed by atoms with Crippen molar-refractivity contribution >= 4 is 11.9 Å². The number of carbonyl (C=O) groups excluding carboxylic acids is 1. The number of nitrogens with two attached hydrogens (primary N) is 1. The van der Waals surface area contributed by atoms with E-state index in [9.17, 15) is 14.7 Å². The quantitative estimate of drug-likeness (QED) is 0.706. The van der Waals surface area contributed by atoms with Crippen LogP contribution in [0.3, 0.4) is 0 Å². The highest BCUT2D eigenvalue weighted by Gasteiger charge is 2.44. The van der Waals surface area contributed by atoms with Crippen LogP contribution >= 0.6 is 0 Å². The zero-order valence-electron chi connectivity index (χ0n) is 12.1. The van der Waals surface area contributed by atoms with E-state index in [-0.39, 0.29) is 17.9 Å². The van der Waals surface area contributed by atoms with Crippen molar-refractivity contribution in [3.8, 4) is 0 Å². The molecule has 1 aliphatic carbocycles. The summed E-state index contributed by atoms with van der Waals surface area (Å²) in [7, 11) is 0. The molecule has 0 spiro atoms. The van der Waals surface area contributed by atoms with Crippen LogP contribution in [0.5, 0.6) is 0 Å². The van der Waals surface area contributed by atoms with E-state index >= 15 is 0 Å². The highest BCUT2D eigenvalue weighted by molar-refractivity contribution is 5.83. The highest BCUT2D eigenvalue weighted by Crippen LogP contribution is 2.36. The first-order chi connectivity index (χ1) is 8.82. The average molecular weight is 270 g/mol. The lowest BCUT2D eigenvalue weighted by Crippen LogP contribution is -2.56. The van der Waals surface area contributed by atoms with Gasteiger partial charge in [-0.15, -0.1) is 0 Å². The van der Waals surface area contributed by atoms with E-state index in [2.05, 4.69) is 5.32 Å². The van der Waals surface area contributed by atoms with Crippen LogP contribution in [-0.4, -0.2) is 29.1 Å². The molecule has 0 aliphatic heterocycles. The Kier molecular flexibility index (Phi) is 5.35. The lowest BCUT2D eigenvalue weighted by molar-refractivity contribution is -0.152. The maximum atomic E-state index is 12.1. The number of amides is 1. The molecular weight excluding hydrogens is 244 g/mol. The van der Waals surface area contributed by atoms with E-state index in [1.54, 1.807) is 6.92 Å². The van der Waals surface area contributed by atoms with Crippen molar-refractivity contribution in [1.82, 2.24) is 5.32 Å². The van der Waals surface area contributed by atoms with Crippen LogP contribution < -0.4 is 11.1 Å². The summed E-state index contributed by atoms with van der Waals surface area (Å²) in [5, 5.41) is 12.3. The highest BCUT2D eigenvalue weighted by atomic mass is 16.4. The predicted molar refractivity (Wildman–Crippen MR) is 73.6 cm³/mol. The first-order valence-corrected chi connectivity index (χ1v) is 7.12. The van der Waals surface area contributed by atoms with Crippen LogP contribution in [0.2, 0.25) is 0 Å². The molecule has 0 aromatic carbocycles. The third kappa shape index (κ3) is 3.47. The van der Waals surface area contributed by atoms with Gasteiger partial charge in [-0.3, -0.25) is 9.59 Å². The van der Waals surface area contributed by atoms with Crippen LogP contribution in [-0.2, 0) is 9.59 Å². The van der Waals surface area contributed by atoms with Gasteiger partial charge in [-0.2, -0.15) is 0 Å². The third-order valence-electron chi connectivity index (χ3n) is 4.57. The van der Waals surface area contributed by atoms with Crippen LogP contribution in [0, 0.1) is 11.3 Å².